The van der Waals surface area contributed by atoms with Crippen LogP contribution in [0.3, 0.4) is 0 Å². The van der Waals surface area contributed by atoms with Crippen LogP contribution in [0.4, 0.5) is 5.69 Å². The van der Waals surface area contributed by atoms with E-state index in [4.69, 9.17) is 0 Å². The molecule has 0 radical (unpaired) electrons. The van der Waals surface area contributed by atoms with Crippen molar-refractivity contribution in [2.75, 3.05) is 11.4 Å². The van der Waals surface area contributed by atoms with E-state index in [2.05, 4.69) is 36.6 Å². The van der Waals surface area contributed by atoms with Crippen LogP contribution in [0.15, 0.2) is 54.6 Å². The van der Waals surface area contributed by atoms with Crippen molar-refractivity contribution in [2.24, 2.45) is 0 Å². The largest absolute Gasteiger partial charge is 0.391 e. The summed E-state index contributed by atoms with van der Waals surface area (Å²) >= 11 is 0. The molecule has 2 heterocycles. The zero-order chi connectivity index (χ0) is 27.1. The third kappa shape index (κ3) is 6.37. The topological polar surface area (TPSA) is 182 Å². The molecule has 0 saturated heterocycles. The zero-order valence-corrected chi connectivity index (χ0v) is 20.6. The molecule has 1 aromatic heterocycles. The Hall–Kier alpha value is -4.65. The number of carbonyl (C=O) groups is 4. The molecule has 2 unspecified atom stereocenters. The monoisotopic (exact) mass is 520 g/mol. The lowest BCUT2D eigenvalue weighted by Gasteiger charge is -2.26. The van der Waals surface area contributed by atoms with Crippen molar-refractivity contribution in [1.29, 1.82) is 0 Å². The molecule has 1 aliphatic heterocycles. The van der Waals surface area contributed by atoms with Gasteiger partial charge < -0.3 is 21.1 Å². The Morgan fingerprint density at radius 2 is 1.82 bits per heavy atom. The van der Waals surface area contributed by atoms with Crippen molar-refractivity contribution in [3.63, 3.8) is 0 Å². The molecule has 2 aromatic carbocycles. The number of H-pyrrole nitrogens is 1. The highest BCUT2D eigenvalue weighted by Crippen LogP contribution is 2.32. The van der Waals surface area contributed by atoms with Crippen LogP contribution in [0.25, 0.3) is 0 Å². The number of tetrazole rings is 1. The minimum Gasteiger partial charge on any atom is -0.391 e. The van der Waals surface area contributed by atoms with Crippen molar-refractivity contribution in [3.8, 4) is 0 Å². The minimum atomic E-state index is -1.26. The number of aliphatic hydroxyl groups is 1. The molecule has 13 nitrogen and oxygen atoms in total. The number of rotatable bonds is 10. The Balaban J connectivity index is 1.39. The number of nitrogens with zero attached hydrogens (tertiary/aromatic N) is 4. The number of hydrogen-bond donors (Lipinski definition) is 5. The first kappa shape index (κ1) is 26.4. The smallest absolute Gasteiger partial charge is 0.247 e. The summed E-state index contributed by atoms with van der Waals surface area (Å²) in [6.45, 7) is 0.953. The van der Waals surface area contributed by atoms with Crippen LogP contribution in [0.1, 0.15) is 23.9 Å². The highest BCUT2D eigenvalue weighted by Gasteiger charge is 2.38. The van der Waals surface area contributed by atoms with Gasteiger partial charge in [-0.15, -0.1) is 10.2 Å². The fourth-order valence-corrected chi connectivity index (χ4v) is 4.21. The van der Waals surface area contributed by atoms with Gasteiger partial charge in [0.05, 0.1) is 25.6 Å². The molecule has 4 rings (SSSR count). The number of carbonyl (C=O) groups excluding carboxylic acids is 4. The number of fused-ring (bicyclic) bond motifs is 1. The molecule has 3 aromatic rings. The fourth-order valence-electron chi connectivity index (χ4n) is 4.21. The van der Waals surface area contributed by atoms with Gasteiger partial charge in [-0.1, -0.05) is 53.7 Å². The molecule has 1 aliphatic rings. The van der Waals surface area contributed by atoms with E-state index < -0.39 is 48.4 Å². The standard InChI is InChI=1S/C25H28N8O5/c1-15(34)23(28-21(35)11-16-7-3-2-4-8-16)25(38)27-14-22(36)33-18-10-6-5-9-17(18)12-19(33)24(37)26-13-20-29-31-32-30-20/h2-10,15,19,23,34H,11-14H2,1H3,(H,26,37)(H,27,38)(H,28,35)(H,29,30,31,32)/t15?,19-,23?/m0/s1. The van der Waals surface area contributed by atoms with E-state index >= 15 is 0 Å². The summed E-state index contributed by atoms with van der Waals surface area (Å²) in [5.41, 5.74) is 2.12. The van der Waals surface area contributed by atoms with Gasteiger partial charge in [-0.2, -0.15) is 5.21 Å². The maximum absolute atomic E-state index is 13.3. The number of aromatic amines is 1. The quantitative estimate of drug-likeness (QED) is 0.225. The fraction of sp³-hybridized carbons (Fsp3) is 0.320. The molecule has 0 spiro atoms. The molecule has 0 bridgehead atoms. The van der Waals surface area contributed by atoms with E-state index in [1.807, 2.05) is 18.2 Å². The summed E-state index contributed by atoms with van der Waals surface area (Å²) in [6.07, 6.45) is -0.887. The Labute approximate surface area is 218 Å². The van der Waals surface area contributed by atoms with Crippen molar-refractivity contribution < 1.29 is 24.3 Å². The van der Waals surface area contributed by atoms with Crippen LogP contribution in [0.5, 0.6) is 0 Å². The molecule has 38 heavy (non-hydrogen) atoms. The number of aliphatic hydroxyl groups excluding tert-OH is 1. The third-order valence-corrected chi connectivity index (χ3v) is 6.06. The van der Waals surface area contributed by atoms with Crippen LogP contribution in [-0.4, -0.2) is 74.1 Å². The Bertz CT molecular complexity index is 1280. The molecule has 4 amide bonds. The molecular formula is C25H28N8O5. The van der Waals surface area contributed by atoms with Crippen molar-refractivity contribution in [1.82, 2.24) is 36.6 Å². The van der Waals surface area contributed by atoms with Gasteiger partial charge in [0.1, 0.15) is 12.1 Å². The number of benzene rings is 2. The van der Waals surface area contributed by atoms with Crippen LogP contribution >= 0.6 is 0 Å². The molecular weight excluding hydrogens is 492 g/mol. The number of aromatic nitrogens is 4. The Morgan fingerprint density at radius 1 is 1.08 bits per heavy atom. The van der Waals surface area contributed by atoms with Crippen molar-refractivity contribution in [3.05, 3.63) is 71.5 Å². The van der Waals surface area contributed by atoms with Crippen molar-refractivity contribution >= 4 is 29.3 Å². The zero-order valence-electron chi connectivity index (χ0n) is 20.6. The Kier molecular flexibility index (Phi) is 8.38. The van der Waals surface area contributed by atoms with Gasteiger partial charge in [0, 0.05) is 12.1 Å². The van der Waals surface area contributed by atoms with E-state index in [1.54, 1.807) is 36.4 Å². The normalized spacial score (nSPS) is 15.7. The summed E-state index contributed by atoms with van der Waals surface area (Å²) in [4.78, 5) is 52.8. The summed E-state index contributed by atoms with van der Waals surface area (Å²) in [5, 5.41) is 31.2. The number of hydrogen-bond acceptors (Lipinski definition) is 8. The van der Waals surface area contributed by atoms with E-state index in [0.717, 1.165) is 11.1 Å². The Morgan fingerprint density at radius 3 is 2.53 bits per heavy atom. The van der Waals surface area contributed by atoms with E-state index in [-0.39, 0.29) is 18.8 Å². The van der Waals surface area contributed by atoms with Gasteiger partial charge in [-0.05, 0) is 24.1 Å². The highest BCUT2D eigenvalue weighted by molar-refractivity contribution is 6.05. The maximum atomic E-state index is 13.3. The molecule has 5 N–H and O–H groups in total. The lowest BCUT2D eigenvalue weighted by atomic mass is 10.1. The van der Waals surface area contributed by atoms with Gasteiger partial charge in [0.2, 0.25) is 23.6 Å². The lowest BCUT2D eigenvalue weighted by Crippen LogP contribution is -2.55. The summed E-state index contributed by atoms with van der Waals surface area (Å²) < 4.78 is 0. The second-order valence-electron chi connectivity index (χ2n) is 8.82. The van der Waals surface area contributed by atoms with Crippen LogP contribution in [0, 0.1) is 0 Å². The lowest BCUT2D eigenvalue weighted by molar-refractivity contribution is -0.132. The first-order valence-corrected chi connectivity index (χ1v) is 12.0. The van der Waals surface area contributed by atoms with Crippen LogP contribution in [-0.2, 0) is 38.6 Å². The third-order valence-electron chi connectivity index (χ3n) is 6.06. The van der Waals surface area contributed by atoms with Gasteiger partial charge in [-0.25, -0.2) is 0 Å². The van der Waals surface area contributed by atoms with Gasteiger partial charge in [0.25, 0.3) is 0 Å². The highest BCUT2D eigenvalue weighted by atomic mass is 16.3. The number of amides is 4. The van der Waals surface area contributed by atoms with Gasteiger partial charge in [-0.3, -0.25) is 24.1 Å². The molecule has 3 atom stereocenters. The number of nitrogens with one attached hydrogen (secondary N) is 4. The van der Waals surface area contributed by atoms with Crippen LogP contribution in [0.2, 0.25) is 0 Å². The number of para-hydroxylation sites is 1. The van der Waals surface area contributed by atoms with E-state index in [1.165, 1.54) is 11.8 Å². The summed E-state index contributed by atoms with van der Waals surface area (Å²) in [6, 6.07) is 14.0. The number of anilines is 1. The predicted octanol–water partition coefficient (Wildman–Crippen LogP) is -1.00. The van der Waals surface area contributed by atoms with Crippen molar-refractivity contribution in [2.45, 2.75) is 44.5 Å². The second-order valence-corrected chi connectivity index (χ2v) is 8.82. The summed E-state index contributed by atoms with van der Waals surface area (Å²) in [5.74, 6) is -1.82. The van der Waals surface area contributed by atoms with Gasteiger partial charge in [0.15, 0.2) is 5.82 Å². The second kappa shape index (κ2) is 12.1. The molecule has 198 valence electrons. The molecule has 13 heteroatoms. The first-order chi connectivity index (χ1) is 18.3. The predicted molar refractivity (Wildman–Crippen MR) is 134 cm³/mol. The van der Waals surface area contributed by atoms with E-state index in [9.17, 15) is 24.3 Å². The molecule has 0 aliphatic carbocycles. The average molecular weight is 521 g/mol. The van der Waals surface area contributed by atoms with E-state index in [0.29, 0.717) is 12.1 Å². The molecule has 0 fully saturated rings. The average Bonchev–Trinajstić information content (AvgIpc) is 3.57. The molecule has 0 saturated carbocycles. The van der Waals surface area contributed by atoms with Gasteiger partial charge >= 0.3 is 0 Å². The first-order valence-electron chi connectivity index (χ1n) is 12.0. The minimum absolute atomic E-state index is 0.0275. The SMILES string of the molecule is CC(O)C(NC(=O)Cc1ccccc1)C(=O)NCC(=O)N1c2ccccc2C[C@H]1C(=O)NCc1nn[nH]n1. The van der Waals surface area contributed by atoms with Crippen LogP contribution < -0.4 is 20.9 Å². The maximum Gasteiger partial charge on any atom is 0.247 e. The summed E-state index contributed by atoms with van der Waals surface area (Å²) in [7, 11) is 0.